The number of allylic oxidation sites excluding steroid dienone is 4. The molecule has 0 saturated carbocycles. The van der Waals surface area contributed by atoms with Gasteiger partial charge in [0.2, 0.25) is 0 Å². The predicted octanol–water partition coefficient (Wildman–Crippen LogP) is 6.89. The van der Waals surface area contributed by atoms with E-state index >= 15 is 0 Å². The Kier molecular flexibility index (Phi) is 12.4. The van der Waals surface area contributed by atoms with E-state index in [0.717, 1.165) is 25.7 Å². The van der Waals surface area contributed by atoms with Crippen LogP contribution in [0.1, 0.15) is 78.7 Å². The van der Waals surface area contributed by atoms with Gasteiger partial charge in [-0.05, 0) is 84.1 Å². The molecular weight excluding hydrogens is 428 g/mol. The number of benzene rings is 1. The molecule has 1 rings (SSSR count). The topological polar surface area (TPSA) is 72.8 Å². The normalized spacial score (nSPS) is 14.0. The van der Waals surface area contributed by atoms with Gasteiger partial charge in [0.1, 0.15) is 22.9 Å². The number of carbonyl (C=O) groups is 2. The summed E-state index contributed by atoms with van der Waals surface area (Å²) in [5.41, 5.74) is 2.41. The van der Waals surface area contributed by atoms with Gasteiger partial charge in [-0.1, -0.05) is 36.8 Å². The molecule has 0 aliphatic carbocycles. The smallest absolute Gasteiger partial charge is 0.310 e. The molecule has 0 spiro atoms. The van der Waals surface area contributed by atoms with Crippen LogP contribution < -0.4 is 4.74 Å². The van der Waals surface area contributed by atoms with Gasteiger partial charge in [-0.25, -0.2) is 0 Å². The molecule has 0 radical (unpaired) electrons. The zero-order valence-corrected chi connectivity index (χ0v) is 21.8. The van der Waals surface area contributed by atoms with E-state index in [2.05, 4.69) is 19.6 Å². The van der Waals surface area contributed by atoms with Crippen LogP contribution in [0.25, 0.3) is 0 Å². The van der Waals surface area contributed by atoms with Crippen LogP contribution in [0, 0.1) is 5.92 Å². The lowest BCUT2D eigenvalue weighted by Gasteiger charge is -2.28. The quantitative estimate of drug-likeness (QED) is 0.223. The third kappa shape index (κ3) is 10.9. The maximum atomic E-state index is 12.2. The van der Waals surface area contributed by atoms with Gasteiger partial charge < -0.3 is 14.6 Å². The minimum atomic E-state index is -0.634. The zero-order valence-electron chi connectivity index (χ0n) is 21.8. The molecular formula is C29H42O5. The van der Waals surface area contributed by atoms with Crippen molar-refractivity contribution in [3.05, 3.63) is 59.7 Å². The summed E-state index contributed by atoms with van der Waals surface area (Å²) in [6, 6.07) is 4.72. The Morgan fingerprint density at radius 3 is 2.53 bits per heavy atom. The number of rotatable bonds is 15. The standard InChI is InChI=1S/C29H42O5/c1-8-29(6,34-27-17-15-25(30)19-24(27)20-28(32)33-7)18-10-12-22(4)11-9-13-23(5)26(31)16-14-21(2)3/h8,12,14-15,17,19,23,30H,1,9-11,13,16,18,20H2,2-7H3/b22-12+. The Labute approximate surface area is 205 Å². The second-order valence-corrected chi connectivity index (χ2v) is 9.50. The summed E-state index contributed by atoms with van der Waals surface area (Å²) >= 11 is 0. The molecule has 34 heavy (non-hydrogen) atoms. The lowest BCUT2D eigenvalue weighted by molar-refractivity contribution is -0.139. The number of ketones is 1. The molecule has 0 heterocycles. The summed E-state index contributed by atoms with van der Waals surface area (Å²) in [6.07, 6.45) is 10.9. The minimum absolute atomic E-state index is 0.0156. The third-order valence-corrected chi connectivity index (χ3v) is 5.98. The van der Waals surface area contributed by atoms with E-state index < -0.39 is 11.6 Å². The third-order valence-electron chi connectivity index (χ3n) is 5.98. The van der Waals surface area contributed by atoms with Gasteiger partial charge in [-0.15, -0.1) is 0 Å². The Hall–Kier alpha value is -2.82. The number of phenolic OH excluding ortho intramolecular Hbond substituents is 1. The van der Waals surface area contributed by atoms with Crippen molar-refractivity contribution >= 4 is 11.8 Å². The fourth-order valence-electron chi connectivity index (χ4n) is 3.54. The maximum Gasteiger partial charge on any atom is 0.310 e. The molecule has 0 amide bonds. The van der Waals surface area contributed by atoms with Crippen LogP contribution in [-0.4, -0.2) is 29.6 Å². The molecule has 0 aliphatic heterocycles. The average Bonchev–Trinajstić information content (AvgIpc) is 2.79. The van der Waals surface area contributed by atoms with Crippen LogP contribution in [0.15, 0.2) is 54.2 Å². The molecule has 1 N–H and O–H groups in total. The van der Waals surface area contributed by atoms with Crippen LogP contribution in [0.5, 0.6) is 11.5 Å². The first-order valence-electron chi connectivity index (χ1n) is 12.0. The van der Waals surface area contributed by atoms with Gasteiger partial charge in [0.25, 0.3) is 0 Å². The van der Waals surface area contributed by atoms with Crippen LogP contribution in [0.2, 0.25) is 0 Å². The summed E-state index contributed by atoms with van der Waals surface area (Å²) in [6.45, 7) is 14.1. The SMILES string of the molecule is C=CC(C)(CC/C=C(\C)CCCC(C)C(=O)CC=C(C)C)Oc1ccc(O)cc1CC(=O)OC. The lowest BCUT2D eigenvalue weighted by Crippen LogP contribution is -2.30. The van der Waals surface area contributed by atoms with Gasteiger partial charge in [0.05, 0.1) is 13.5 Å². The van der Waals surface area contributed by atoms with Crippen molar-refractivity contribution in [2.24, 2.45) is 5.92 Å². The summed E-state index contributed by atoms with van der Waals surface area (Å²) in [5, 5.41) is 9.81. The first kappa shape index (κ1) is 29.2. The molecule has 1 aromatic rings. The minimum Gasteiger partial charge on any atom is -0.508 e. The maximum absolute atomic E-state index is 12.2. The number of carbonyl (C=O) groups excluding carboxylic acids is 2. The summed E-state index contributed by atoms with van der Waals surface area (Å²) in [7, 11) is 1.33. The average molecular weight is 471 g/mol. The number of esters is 1. The Morgan fingerprint density at radius 2 is 1.91 bits per heavy atom. The van der Waals surface area contributed by atoms with Crippen molar-refractivity contribution in [1.29, 1.82) is 0 Å². The first-order valence-corrected chi connectivity index (χ1v) is 12.0. The fraction of sp³-hybridized carbons (Fsp3) is 0.517. The second-order valence-electron chi connectivity index (χ2n) is 9.50. The second kappa shape index (κ2) is 14.4. The molecule has 0 aromatic heterocycles. The fourth-order valence-corrected chi connectivity index (χ4v) is 3.54. The Morgan fingerprint density at radius 1 is 1.21 bits per heavy atom. The largest absolute Gasteiger partial charge is 0.508 e. The molecule has 5 nitrogen and oxygen atoms in total. The molecule has 0 saturated heterocycles. The monoisotopic (exact) mass is 470 g/mol. The molecule has 0 aliphatic rings. The van der Waals surface area contributed by atoms with E-state index in [-0.39, 0.29) is 18.1 Å². The highest BCUT2D eigenvalue weighted by molar-refractivity contribution is 5.82. The molecule has 2 atom stereocenters. The molecule has 0 fully saturated rings. The number of hydrogen-bond acceptors (Lipinski definition) is 5. The number of phenols is 1. The number of Topliss-reactive ketones (excluding diaryl/α,β-unsaturated/α-hetero) is 1. The summed E-state index contributed by atoms with van der Waals surface area (Å²) in [5.74, 6) is 0.589. The van der Waals surface area contributed by atoms with Crippen LogP contribution >= 0.6 is 0 Å². The van der Waals surface area contributed by atoms with Crippen LogP contribution in [0.3, 0.4) is 0 Å². The highest BCUT2D eigenvalue weighted by Gasteiger charge is 2.24. The highest BCUT2D eigenvalue weighted by atomic mass is 16.5. The van der Waals surface area contributed by atoms with Gasteiger partial charge >= 0.3 is 5.97 Å². The number of methoxy groups -OCH3 is 1. The first-order chi connectivity index (χ1) is 16.0. The van der Waals surface area contributed by atoms with Crippen molar-refractivity contribution in [2.75, 3.05) is 7.11 Å². The van der Waals surface area contributed by atoms with Gasteiger partial charge in [0, 0.05) is 17.9 Å². The number of ether oxygens (including phenoxy) is 2. The number of hydrogen-bond donors (Lipinski definition) is 1. The van der Waals surface area contributed by atoms with Gasteiger partial charge in [0.15, 0.2) is 0 Å². The van der Waals surface area contributed by atoms with E-state index in [1.807, 2.05) is 33.8 Å². The van der Waals surface area contributed by atoms with E-state index in [1.165, 1.54) is 30.4 Å². The summed E-state index contributed by atoms with van der Waals surface area (Å²) in [4.78, 5) is 23.9. The molecule has 188 valence electrons. The van der Waals surface area contributed by atoms with Crippen molar-refractivity contribution in [2.45, 2.75) is 85.2 Å². The van der Waals surface area contributed by atoms with Crippen LogP contribution in [0.4, 0.5) is 0 Å². The Bertz CT molecular complexity index is 892. The van der Waals surface area contributed by atoms with Gasteiger partial charge in [-0.2, -0.15) is 0 Å². The van der Waals surface area contributed by atoms with Crippen molar-refractivity contribution in [3.8, 4) is 11.5 Å². The van der Waals surface area contributed by atoms with Crippen molar-refractivity contribution < 1.29 is 24.2 Å². The van der Waals surface area contributed by atoms with E-state index in [4.69, 9.17) is 9.47 Å². The highest BCUT2D eigenvalue weighted by Crippen LogP contribution is 2.30. The summed E-state index contributed by atoms with van der Waals surface area (Å²) < 4.78 is 11.0. The predicted molar refractivity (Wildman–Crippen MR) is 138 cm³/mol. The van der Waals surface area contributed by atoms with Crippen LogP contribution in [-0.2, 0) is 20.7 Å². The van der Waals surface area contributed by atoms with E-state index in [9.17, 15) is 14.7 Å². The van der Waals surface area contributed by atoms with Crippen molar-refractivity contribution in [1.82, 2.24) is 0 Å². The molecule has 1 aromatic carbocycles. The van der Waals surface area contributed by atoms with E-state index in [1.54, 1.807) is 12.1 Å². The Balaban J connectivity index is 2.63. The number of aromatic hydroxyl groups is 1. The lowest BCUT2D eigenvalue weighted by atomic mass is 9.94. The molecule has 5 heteroatoms. The van der Waals surface area contributed by atoms with E-state index in [0.29, 0.717) is 29.9 Å². The molecule has 2 unspecified atom stereocenters. The zero-order chi connectivity index (χ0) is 25.7. The molecule has 0 bridgehead atoms. The van der Waals surface area contributed by atoms with Crippen molar-refractivity contribution in [3.63, 3.8) is 0 Å². The van der Waals surface area contributed by atoms with Gasteiger partial charge in [-0.3, -0.25) is 9.59 Å².